The normalized spacial score (nSPS) is 27.3. The molecule has 18 heavy (non-hydrogen) atoms. The summed E-state index contributed by atoms with van der Waals surface area (Å²) in [6.45, 7) is 2.82. The zero-order chi connectivity index (χ0) is 12.4. The van der Waals surface area contributed by atoms with Gasteiger partial charge in [0.15, 0.2) is 0 Å². The van der Waals surface area contributed by atoms with Crippen LogP contribution in [-0.4, -0.2) is 27.6 Å². The number of rotatable bonds is 2. The van der Waals surface area contributed by atoms with Crippen molar-refractivity contribution in [2.75, 3.05) is 11.9 Å². The van der Waals surface area contributed by atoms with Gasteiger partial charge in [0.25, 0.3) is 0 Å². The Balaban J connectivity index is 1.63. The highest BCUT2D eigenvalue weighted by Gasteiger charge is 2.38. The Morgan fingerprint density at radius 1 is 1.33 bits per heavy atom. The van der Waals surface area contributed by atoms with Gasteiger partial charge in [0.05, 0.1) is 5.60 Å². The number of ether oxygens (including phenoxy) is 1. The Labute approximate surface area is 112 Å². The maximum absolute atomic E-state index is 6.11. The fraction of sp³-hybridized carbons (Fsp3) is 0.846. The van der Waals surface area contributed by atoms with E-state index in [-0.39, 0.29) is 5.60 Å². The highest BCUT2D eigenvalue weighted by Crippen LogP contribution is 2.39. The molecule has 0 amide bonds. The van der Waals surface area contributed by atoms with E-state index in [4.69, 9.17) is 4.74 Å². The van der Waals surface area contributed by atoms with Crippen LogP contribution in [0, 0.1) is 6.92 Å². The summed E-state index contributed by atoms with van der Waals surface area (Å²) in [6, 6.07) is 0.504. The second kappa shape index (κ2) is 5.13. The molecule has 1 aromatic rings. The van der Waals surface area contributed by atoms with Gasteiger partial charge >= 0.3 is 0 Å². The molecule has 2 aliphatic rings. The second-order valence-corrected chi connectivity index (χ2v) is 6.32. The SMILES string of the molecule is Cc1nsc(N[C@H]2CCOC3(CCCCC3)C2)n1. The molecule has 5 heteroatoms. The van der Waals surface area contributed by atoms with Crippen molar-refractivity contribution in [3.8, 4) is 0 Å². The molecule has 2 heterocycles. The van der Waals surface area contributed by atoms with Gasteiger partial charge in [0.2, 0.25) is 5.13 Å². The third-order valence-electron chi connectivity index (χ3n) is 4.11. The standard InChI is InChI=1S/C13H21N3OS/c1-10-14-12(18-16-10)15-11-5-8-17-13(9-11)6-3-2-4-7-13/h11H,2-9H2,1H3,(H,14,15,16)/t11-/m0/s1. The van der Waals surface area contributed by atoms with E-state index in [2.05, 4.69) is 14.7 Å². The third kappa shape index (κ3) is 2.67. The topological polar surface area (TPSA) is 47.0 Å². The highest BCUT2D eigenvalue weighted by atomic mass is 32.1. The first-order valence-electron chi connectivity index (χ1n) is 6.97. The molecular formula is C13H21N3OS. The quantitative estimate of drug-likeness (QED) is 0.894. The predicted octanol–water partition coefficient (Wildman–Crippen LogP) is 3.14. The van der Waals surface area contributed by atoms with E-state index in [0.717, 1.165) is 30.4 Å². The second-order valence-electron chi connectivity index (χ2n) is 5.57. The minimum Gasteiger partial charge on any atom is -0.375 e. The Hall–Kier alpha value is -0.680. The number of anilines is 1. The van der Waals surface area contributed by atoms with Crippen LogP contribution in [-0.2, 0) is 4.74 Å². The fourth-order valence-corrected chi connectivity index (χ4v) is 3.88. The van der Waals surface area contributed by atoms with Gasteiger partial charge in [-0.25, -0.2) is 4.98 Å². The third-order valence-corrected chi connectivity index (χ3v) is 4.85. The van der Waals surface area contributed by atoms with Crippen molar-refractivity contribution >= 4 is 16.7 Å². The van der Waals surface area contributed by atoms with Gasteiger partial charge in [0.1, 0.15) is 5.82 Å². The summed E-state index contributed by atoms with van der Waals surface area (Å²) < 4.78 is 10.3. The van der Waals surface area contributed by atoms with Crippen LogP contribution in [0.15, 0.2) is 0 Å². The highest BCUT2D eigenvalue weighted by molar-refractivity contribution is 7.09. The fourth-order valence-electron chi connectivity index (χ4n) is 3.23. The molecule has 0 radical (unpaired) electrons. The van der Waals surface area contributed by atoms with Crippen LogP contribution in [0.25, 0.3) is 0 Å². The smallest absolute Gasteiger partial charge is 0.202 e. The minimum absolute atomic E-state index is 0.161. The lowest BCUT2D eigenvalue weighted by Gasteiger charge is -2.43. The molecule has 1 saturated heterocycles. The summed E-state index contributed by atoms with van der Waals surface area (Å²) in [5.74, 6) is 0.863. The summed E-state index contributed by atoms with van der Waals surface area (Å²) in [6.07, 6.45) is 8.71. The lowest BCUT2D eigenvalue weighted by atomic mass is 9.78. The predicted molar refractivity (Wildman–Crippen MR) is 73.1 cm³/mol. The van der Waals surface area contributed by atoms with Crippen LogP contribution in [0.2, 0.25) is 0 Å². The van der Waals surface area contributed by atoms with Crippen LogP contribution < -0.4 is 5.32 Å². The first kappa shape index (κ1) is 12.4. The van der Waals surface area contributed by atoms with Gasteiger partial charge in [-0.3, -0.25) is 0 Å². The van der Waals surface area contributed by atoms with Crippen molar-refractivity contribution in [2.24, 2.45) is 0 Å². The molecular weight excluding hydrogens is 246 g/mol. The van der Waals surface area contributed by atoms with Crippen LogP contribution >= 0.6 is 11.5 Å². The number of hydrogen-bond donors (Lipinski definition) is 1. The molecule has 3 rings (SSSR count). The molecule has 0 unspecified atom stereocenters. The molecule has 1 spiro atoms. The average molecular weight is 267 g/mol. The number of aryl methyl sites for hydroxylation is 1. The van der Waals surface area contributed by atoms with Crippen LogP contribution in [0.5, 0.6) is 0 Å². The van der Waals surface area contributed by atoms with Gasteiger partial charge in [-0.2, -0.15) is 4.37 Å². The Kier molecular flexibility index (Phi) is 3.52. The minimum atomic E-state index is 0.161. The first-order chi connectivity index (χ1) is 8.76. The van der Waals surface area contributed by atoms with E-state index >= 15 is 0 Å². The Bertz CT molecular complexity index is 395. The maximum atomic E-state index is 6.11. The lowest BCUT2D eigenvalue weighted by molar-refractivity contribution is -0.103. The van der Waals surface area contributed by atoms with Crippen molar-refractivity contribution < 1.29 is 4.74 Å². The molecule has 1 N–H and O–H groups in total. The summed E-state index contributed by atoms with van der Waals surface area (Å²) in [5, 5.41) is 4.50. The van der Waals surface area contributed by atoms with Crippen molar-refractivity contribution in [3.05, 3.63) is 5.82 Å². The molecule has 1 atom stereocenters. The molecule has 2 fully saturated rings. The summed E-state index contributed by atoms with van der Waals surface area (Å²) >= 11 is 1.47. The first-order valence-corrected chi connectivity index (χ1v) is 7.74. The van der Waals surface area contributed by atoms with Crippen molar-refractivity contribution in [3.63, 3.8) is 0 Å². The molecule has 4 nitrogen and oxygen atoms in total. The van der Waals surface area contributed by atoms with Crippen LogP contribution in [0.1, 0.15) is 50.8 Å². The van der Waals surface area contributed by atoms with Gasteiger partial charge in [-0.05, 0) is 32.6 Å². The van der Waals surface area contributed by atoms with E-state index in [1.54, 1.807) is 0 Å². The van der Waals surface area contributed by atoms with Crippen LogP contribution in [0.4, 0.5) is 5.13 Å². The van der Waals surface area contributed by atoms with Crippen LogP contribution in [0.3, 0.4) is 0 Å². The number of nitrogens with zero attached hydrogens (tertiary/aromatic N) is 2. The van der Waals surface area contributed by atoms with E-state index in [1.807, 2.05) is 6.92 Å². The lowest BCUT2D eigenvalue weighted by Crippen LogP contribution is -2.45. The molecule has 100 valence electrons. The van der Waals surface area contributed by atoms with Gasteiger partial charge < -0.3 is 10.1 Å². The van der Waals surface area contributed by atoms with E-state index in [0.29, 0.717) is 6.04 Å². The Morgan fingerprint density at radius 3 is 2.89 bits per heavy atom. The number of nitrogens with one attached hydrogen (secondary N) is 1. The largest absolute Gasteiger partial charge is 0.375 e. The van der Waals surface area contributed by atoms with Crippen molar-refractivity contribution in [1.29, 1.82) is 0 Å². The molecule has 1 aliphatic carbocycles. The number of aromatic nitrogens is 2. The number of hydrogen-bond acceptors (Lipinski definition) is 5. The average Bonchev–Trinajstić information content (AvgIpc) is 2.76. The molecule has 1 aliphatic heterocycles. The van der Waals surface area contributed by atoms with Gasteiger partial charge in [-0.1, -0.05) is 19.3 Å². The Morgan fingerprint density at radius 2 is 2.17 bits per heavy atom. The van der Waals surface area contributed by atoms with Crippen molar-refractivity contribution in [2.45, 2.75) is 63.5 Å². The van der Waals surface area contributed by atoms with E-state index < -0.39 is 0 Å². The summed E-state index contributed by atoms with van der Waals surface area (Å²) in [4.78, 5) is 4.39. The maximum Gasteiger partial charge on any atom is 0.202 e. The molecule has 0 aromatic carbocycles. The molecule has 1 aromatic heterocycles. The van der Waals surface area contributed by atoms with Crippen molar-refractivity contribution in [1.82, 2.24) is 9.36 Å². The van der Waals surface area contributed by atoms with E-state index in [9.17, 15) is 0 Å². The van der Waals surface area contributed by atoms with Gasteiger partial charge in [0, 0.05) is 24.2 Å². The molecule has 1 saturated carbocycles. The zero-order valence-electron chi connectivity index (χ0n) is 10.9. The monoisotopic (exact) mass is 267 g/mol. The van der Waals surface area contributed by atoms with Gasteiger partial charge in [-0.15, -0.1) is 0 Å². The summed E-state index contributed by atoms with van der Waals surface area (Å²) in [7, 11) is 0. The summed E-state index contributed by atoms with van der Waals surface area (Å²) in [5.41, 5.74) is 0.161. The zero-order valence-corrected chi connectivity index (χ0v) is 11.8. The molecule has 0 bridgehead atoms. The van der Waals surface area contributed by atoms with E-state index in [1.165, 1.54) is 43.6 Å².